The molecule has 0 fully saturated rings. The Morgan fingerprint density at radius 3 is 2.93 bits per heavy atom. The molecule has 15 heavy (non-hydrogen) atoms. The number of hydrogen-bond donors (Lipinski definition) is 1. The zero-order valence-corrected chi connectivity index (χ0v) is 8.61. The highest BCUT2D eigenvalue weighted by Crippen LogP contribution is 2.25. The second-order valence-electron chi connectivity index (χ2n) is 3.94. The summed E-state index contributed by atoms with van der Waals surface area (Å²) in [5.41, 5.74) is 9.59. The molecular weight excluding hydrogens is 184 g/mol. The van der Waals surface area contributed by atoms with Crippen molar-refractivity contribution in [1.82, 2.24) is 0 Å². The molecule has 2 nitrogen and oxygen atoms in total. The summed E-state index contributed by atoms with van der Waals surface area (Å²) in [4.78, 5) is 0. The van der Waals surface area contributed by atoms with Crippen molar-refractivity contribution >= 4 is 6.08 Å². The minimum atomic E-state index is -0.360. The molecule has 1 atom stereocenters. The number of nitrogens with zero attached hydrogens (tertiary/aromatic N) is 1. The maximum atomic E-state index is 8.66. The second kappa shape index (κ2) is 4.29. The van der Waals surface area contributed by atoms with Gasteiger partial charge in [0, 0.05) is 0 Å². The fraction of sp³-hybridized carbons (Fsp3) is 0.308. The van der Waals surface area contributed by atoms with Gasteiger partial charge >= 0.3 is 0 Å². The van der Waals surface area contributed by atoms with Gasteiger partial charge in [0.15, 0.2) is 0 Å². The Morgan fingerprint density at radius 2 is 2.13 bits per heavy atom. The quantitative estimate of drug-likeness (QED) is 0.792. The third kappa shape index (κ3) is 2.26. The van der Waals surface area contributed by atoms with E-state index in [1.807, 2.05) is 6.07 Å². The van der Waals surface area contributed by atoms with Gasteiger partial charge in [0.25, 0.3) is 0 Å². The van der Waals surface area contributed by atoms with E-state index in [9.17, 15) is 0 Å². The van der Waals surface area contributed by atoms with Crippen molar-refractivity contribution < 1.29 is 0 Å². The van der Waals surface area contributed by atoms with Gasteiger partial charge in [-0.15, -0.1) is 0 Å². The van der Waals surface area contributed by atoms with Crippen LogP contribution in [0.2, 0.25) is 0 Å². The van der Waals surface area contributed by atoms with Gasteiger partial charge in [-0.1, -0.05) is 35.9 Å². The van der Waals surface area contributed by atoms with Gasteiger partial charge in [0.05, 0.1) is 12.1 Å². The molecule has 1 aromatic carbocycles. The lowest BCUT2D eigenvalue weighted by Crippen LogP contribution is -2.18. The first-order chi connectivity index (χ1) is 7.29. The van der Waals surface area contributed by atoms with E-state index in [0.29, 0.717) is 6.42 Å². The lowest BCUT2D eigenvalue weighted by molar-refractivity contribution is 0.763. The zero-order chi connectivity index (χ0) is 10.7. The van der Waals surface area contributed by atoms with Crippen LogP contribution < -0.4 is 5.73 Å². The lowest BCUT2D eigenvalue weighted by atomic mass is 9.89. The Morgan fingerprint density at radius 1 is 1.33 bits per heavy atom. The molecule has 1 aromatic rings. The van der Waals surface area contributed by atoms with Crippen molar-refractivity contribution in [2.24, 2.45) is 5.73 Å². The van der Waals surface area contributed by atoms with Crippen LogP contribution in [0, 0.1) is 11.3 Å². The minimum absolute atomic E-state index is 0.360. The molecule has 0 heterocycles. The molecule has 0 amide bonds. The Bertz CT molecular complexity index is 426. The SMILES string of the molecule is N#C[C@H](N)CC1=Cc2ccccc2CC1. The summed E-state index contributed by atoms with van der Waals surface area (Å²) in [6.45, 7) is 0. The van der Waals surface area contributed by atoms with Crippen LogP contribution in [0.3, 0.4) is 0 Å². The van der Waals surface area contributed by atoms with Crippen LogP contribution in [0.15, 0.2) is 29.8 Å². The number of benzene rings is 1. The summed E-state index contributed by atoms with van der Waals surface area (Å²) in [6.07, 6.45) is 4.98. The van der Waals surface area contributed by atoms with Gasteiger partial charge in [0.2, 0.25) is 0 Å². The predicted molar refractivity (Wildman–Crippen MR) is 60.9 cm³/mol. The van der Waals surface area contributed by atoms with Crippen LogP contribution >= 0.6 is 0 Å². The monoisotopic (exact) mass is 198 g/mol. The molecule has 0 saturated heterocycles. The van der Waals surface area contributed by atoms with Gasteiger partial charge in [-0.05, 0) is 30.4 Å². The topological polar surface area (TPSA) is 49.8 Å². The normalized spacial score (nSPS) is 16.1. The minimum Gasteiger partial charge on any atom is -0.316 e. The Labute approximate surface area is 90.0 Å². The van der Waals surface area contributed by atoms with E-state index in [-0.39, 0.29) is 6.04 Å². The van der Waals surface area contributed by atoms with Crippen LogP contribution in [0.4, 0.5) is 0 Å². The summed E-state index contributed by atoms with van der Waals surface area (Å²) in [5, 5.41) is 8.66. The van der Waals surface area contributed by atoms with Crippen molar-refractivity contribution in [3.05, 3.63) is 41.0 Å². The Hall–Kier alpha value is -1.59. The summed E-state index contributed by atoms with van der Waals surface area (Å²) in [7, 11) is 0. The molecule has 1 aliphatic rings. The van der Waals surface area contributed by atoms with Gasteiger partial charge in [-0.2, -0.15) is 5.26 Å². The maximum absolute atomic E-state index is 8.66. The largest absolute Gasteiger partial charge is 0.316 e. The fourth-order valence-corrected chi connectivity index (χ4v) is 1.98. The van der Waals surface area contributed by atoms with Crippen LogP contribution in [0.5, 0.6) is 0 Å². The molecule has 0 spiro atoms. The first-order valence-electron chi connectivity index (χ1n) is 5.22. The summed E-state index contributed by atoms with van der Waals surface area (Å²) in [6, 6.07) is 10.1. The number of aryl methyl sites for hydroxylation is 1. The third-order valence-corrected chi connectivity index (χ3v) is 2.78. The molecule has 1 aliphatic carbocycles. The molecule has 0 radical (unpaired) electrons. The molecule has 0 unspecified atom stereocenters. The van der Waals surface area contributed by atoms with E-state index >= 15 is 0 Å². The van der Waals surface area contributed by atoms with E-state index in [0.717, 1.165) is 12.8 Å². The molecule has 0 bridgehead atoms. The average Bonchev–Trinajstić information content (AvgIpc) is 2.29. The highest BCUT2D eigenvalue weighted by molar-refractivity contribution is 5.59. The molecule has 76 valence electrons. The highest BCUT2D eigenvalue weighted by Gasteiger charge is 2.11. The van der Waals surface area contributed by atoms with Crippen LogP contribution in [0.1, 0.15) is 24.0 Å². The standard InChI is InChI=1S/C13H14N2/c14-9-13(15)8-10-5-6-11-3-1-2-4-12(11)7-10/h1-4,7,13H,5-6,8,15H2/t13-/m1/s1. The van der Waals surface area contributed by atoms with Gasteiger partial charge in [-0.3, -0.25) is 0 Å². The molecule has 2 N–H and O–H groups in total. The van der Waals surface area contributed by atoms with Crippen LogP contribution in [-0.4, -0.2) is 6.04 Å². The fourth-order valence-electron chi connectivity index (χ4n) is 1.98. The maximum Gasteiger partial charge on any atom is 0.0965 e. The first kappa shape index (κ1) is 9.95. The predicted octanol–water partition coefficient (Wildman–Crippen LogP) is 2.26. The van der Waals surface area contributed by atoms with Gasteiger partial charge in [0.1, 0.15) is 0 Å². The molecule has 0 saturated carbocycles. The number of nitrogens with two attached hydrogens (primary N) is 1. The smallest absolute Gasteiger partial charge is 0.0965 e. The van der Waals surface area contributed by atoms with Crippen molar-refractivity contribution in [3.8, 4) is 6.07 Å². The average molecular weight is 198 g/mol. The third-order valence-electron chi connectivity index (χ3n) is 2.78. The molecular formula is C13H14N2. The number of hydrogen-bond acceptors (Lipinski definition) is 2. The summed E-state index contributed by atoms with van der Waals surface area (Å²) < 4.78 is 0. The van der Waals surface area contributed by atoms with E-state index in [1.54, 1.807) is 0 Å². The van der Waals surface area contributed by atoms with E-state index in [4.69, 9.17) is 11.0 Å². The number of fused-ring (bicyclic) bond motifs is 1. The Balaban J connectivity index is 2.19. The van der Waals surface area contributed by atoms with E-state index in [2.05, 4.69) is 30.3 Å². The lowest BCUT2D eigenvalue weighted by Gasteiger charge is -2.16. The van der Waals surface area contributed by atoms with Gasteiger partial charge < -0.3 is 5.73 Å². The molecule has 0 aromatic heterocycles. The molecule has 2 heteroatoms. The van der Waals surface area contributed by atoms with Crippen molar-refractivity contribution in [2.45, 2.75) is 25.3 Å². The van der Waals surface area contributed by atoms with E-state index in [1.165, 1.54) is 16.7 Å². The summed E-state index contributed by atoms with van der Waals surface area (Å²) >= 11 is 0. The second-order valence-corrected chi connectivity index (χ2v) is 3.94. The van der Waals surface area contributed by atoms with E-state index < -0.39 is 0 Å². The highest BCUT2D eigenvalue weighted by atomic mass is 14.6. The van der Waals surface area contributed by atoms with Crippen LogP contribution in [-0.2, 0) is 6.42 Å². The first-order valence-corrected chi connectivity index (χ1v) is 5.22. The van der Waals surface area contributed by atoms with Gasteiger partial charge in [-0.25, -0.2) is 0 Å². The number of rotatable bonds is 2. The van der Waals surface area contributed by atoms with Crippen molar-refractivity contribution in [2.75, 3.05) is 0 Å². The molecule has 0 aliphatic heterocycles. The number of nitriles is 1. The zero-order valence-electron chi connectivity index (χ0n) is 8.61. The van der Waals surface area contributed by atoms with Crippen molar-refractivity contribution in [1.29, 1.82) is 5.26 Å². The van der Waals surface area contributed by atoms with Crippen LogP contribution in [0.25, 0.3) is 6.08 Å². The Kier molecular flexibility index (Phi) is 2.84. The summed E-state index contributed by atoms with van der Waals surface area (Å²) in [5.74, 6) is 0. The molecule has 2 rings (SSSR count). The van der Waals surface area contributed by atoms with Crippen molar-refractivity contribution in [3.63, 3.8) is 0 Å².